The SMILES string of the molecule is CC(C)(C)C[C@@H]1CC[C@H](c2cccc(C(F)(F)F)c2)O1. The highest BCUT2D eigenvalue weighted by Gasteiger charge is 2.33. The number of hydrogen-bond acceptors (Lipinski definition) is 1. The lowest BCUT2D eigenvalue weighted by Crippen LogP contribution is -2.17. The fourth-order valence-corrected chi connectivity index (χ4v) is 2.70. The lowest BCUT2D eigenvalue weighted by molar-refractivity contribution is -0.137. The van der Waals surface area contributed by atoms with Gasteiger partial charge in [-0.2, -0.15) is 13.2 Å². The average Bonchev–Trinajstić information content (AvgIpc) is 2.74. The van der Waals surface area contributed by atoms with Crippen LogP contribution >= 0.6 is 0 Å². The molecule has 0 radical (unpaired) electrons. The van der Waals surface area contributed by atoms with Crippen molar-refractivity contribution >= 4 is 0 Å². The molecule has 2 rings (SSSR count). The van der Waals surface area contributed by atoms with Gasteiger partial charge in [-0.25, -0.2) is 0 Å². The maximum atomic E-state index is 12.7. The minimum atomic E-state index is -4.29. The molecule has 0 aromatic heterocycles. The third-order valence-corrected chi connectivity index (χ3v) is 3.53. The van der Waals surface area contributed by atoms with Gasteiger partial charge in [-0.1, -0.05) is 32.9 Å². The smallest absolute Gasteiger partial charge is 0.370 e. The van der Waals surface area contributed by atoms with Crippen LogP contribution in [-0.4, -0.2) is 6.10 Å². The molecule has 20 heavy (non-hydrogen) atoms. The van der Waals surface area contributed by atoms with Gasteiger partial charge in [0.25, 0.3) is 0 Å². The normalized spacial score (nSPS) is 24.1. The first-order valence-electron chi connectivity index (χ1n) is 6.98. The van der Waals surface area contributed by atoms with Gasteiger partial charge in [-0.05, 0) is 42.4 Å². The lowest BCUT2D eigenvalue weighted by Gasteiger charge is -2.23. The van der Waals surface area contributed by atoms with E-state index in [4.69, 9.17) is 4.74 Å². The van der Waals surface area contributed by atoms with Crippen LogP contribution in [0.4, 0.5) is 13.2 Å². The Bertz CT molecular complexity index is 460. The molecule has 0 spiro atoms. The summed E-state index contributed by atoms with van der Waals surface area (Å²) < 4.78 is 44.1. The van der Waals surface area contributed by atoms with Crippen molar-refractivity contribution in [3.63, 3.8) is 0 Å². The lowest BCUT2D eigenvalue weighted by atomic mass is 9.88. The first-order valence-corrected chi connectivity index (χ1v) is 6.98. The Balaban J connectivity index is 2.07. The van der Waals surface area contributed by atoms with Crippen molar-refractivity contribution in [2.45, 2.75) is 58.4 Å². The number of halogens is 3. The van der Waals surface area contributed by atoms with Crippen LogP contribution in [0.25, 0.3) is 0 Å². The molecule has 1 nitrogen and oxygen atoms in total. The van der Waals surface area contributed by atoms with E-state index in [-0.39, 0.29) is 17.6 Å². The van der Waals surface area contributed by atoms with Crippen LogP contribution in [-0.2, 0) is 10.9 Å². The molecule has 0 aliphatic carbocycles. The number of ether oxygens (including phenoxy) is 1. The third kappa shape index (κ3) is 3.98. The number of alkyl halides is 3. The van der Waals surface area contributed by atoms with Gasteiger partial charge in [0, 0.05) is 0 Å². The van der Waals surface area contributed by atoms with E-state index in [9.17, 15) is 13.2 Å². The van der Waals surface area contributed by atoms with Crippen molar-refractivity contribution in [2.75, 3.05) is 0 Å². The number of hydrogen-bond donors (Lipinski definition) is 0. The summed E-state index contributed by atoms with van der Waals surface area (Å²) in [6.45, 7) is 6.44. The summed E-state index contributed by atoms with van der Waals surface area (Å²) in [7, 11) is 0. The second-order valence-corrected chi connectivity index (χ2v) is 6.71. The maximum Gasteiger partial charge on any atom is 0.416 e. The number of benzene rings is 1. The average molecular weight is 286 g/mol. The first kappa shape index (κ1) is 15.4. The molecule has 1 aromatic rings. The first-order chi connectivity index (χ1) is 9.15. The molecule has 1 aromatic carbocycles. The van der Waals surface area contributed by atoms with Crippen molar-refractivity contribution < 1.29 is 17.9 Å². The predicted molar refractivity (Wildman–Crippen MR) is 72.4 cm³/mol. The fraction of sp³-hybridized carbons (Fsp3) is 0.625. The van der Waals surface area contributed by atoms with E-state index in [2.05, 4.69) is 20.8 Å². The zero-order valence-electron chi connectivity index (χ0n) is 12.1. The van der Waals surface area contributed by atoms with Crippen LogP contribution in [0.3, 0.4) is 0 Å². The van der Waals surface area contributed by atoms with E-state index in [0.717, 1.165) is 25.3 Å². The molecule has 1 fully saturated rings. The summed E-state index contributed by atoms with van der Waals surface area (Å²) in [6.07, 6.45) is -1.71. The van der Waals surface area contributed by atoms with Gasteiger partial charge in [0.05, 0.1) is 17.8 Å². The van der Waals surface area contributed by atoms with E-state index in [1.54, 1.807) is 6.07 Å². The highest BCUT2D eigenvalue weighted by atomic mass is 19.4. The standard InChI is InChI=1S/C16H21F3O/c1-15(2,3)10-13-7-8-14(20-13)11-5-4-6-12(9-11)16(17,18)19/h4-6,9,13-14H,7-8,10H2,1-3H3/t13-,14+/m0/s1. The van der Waals surface area contributed by atoms with Gasteiger partial charge in [0.15, 0.2) is 0 Å². The molecule has 1 aliphatic rings. The van der Waals surface area contributed by atoms with Crippen molar-refractivity contribution in [1.29, 1.82) is 0 Å². The van der Waals surface area contributed by atoms with E-state index in [1.807, 2.05) is 0 Å². The van der Waals surface area contributed by atoms with Gasteiger partial charge in [-0.3, -0.25) is 0 Å². The molecule has 1 saturated heterocycles. The van der Waals surface area contributed by atoms with E-state index in [0.29, 0.717) is 5.56 Å². The summed E-state index contributed by atoms with van der Waals surface area (Å²) in [5.74, 6) is 0. The molecule has 4 heteroatoms. The molecule has 1 aliphatic heterocycles. The van der Waals surface area contributed by atoms with Crippen LogP contribution in [0.15, 0.2) is 24.3 Å². The molecule has 2 atom stereocenters. The summed E-state index contributed by atoms with van der Waals surface area (Å²) in [6, 6.07) is 5.49. The zero-order valence-corrected chi connectivity index (χ0v) is 12.1. The molecule has 0 N–H and O–H groups in total. The summed E-state index contributed by atoms with van der Waals surface area (Å²) in [5, 5.41) is 0. The van der Waals surface area contributed by atoms with Gasteiger partial charge in [-0.15, -0.1) is 0 Å². The van der Waals surface area contributed by atoms with Gasteiger partial charge < -0.3 is 4.74 Å². The Hall–Kier alpha value is -1.03. The Morgan fingerprint density at radius 3 is 2.45 bits per heavy atom. The molecule has 0 amide bonds. The Labute approximate surface area is 118 Å². The molecular formula is C16H21F3O. The van der Waals surface area contributed by atoms with Gasteiger partial charge in [0.2, 0.25) is 0 Å². The predicted octanol–water partition coefficient (Wildman–Crippen LogP) is 5.36. The monoisotopic (exact) mass is 286 g/mol. The second-order valence-electron chi connectivity index (χ2n) is 6.71. The Kier molecular flexibility index (Phi) is 4.14. The molecule has 0 unspecified atom stereocenters. The van der Waals surface area contributed by atoms with Gasteiger partial charge >= 0.3 is 6.18 Å². The van der Waals surface area contributed by atoms with E-state index >= 15 is 0 Å². The Morgan fingerprint density at radius 2 is 1.85 bits per heavy atom. The highest BCUT2D eigenvalue weighted by molar-refractivity contribution is 5.27. The van der Waals surface area contributed by atoms with E-state index in [1.165, 1.54) is 12.1 Å². The minimum Gasteiger partial charge on any atom is -0.370 e. The number of rotatable bonds is 2. The molecule has 0 saturated carbocycles. The Morgan fingerprint density at radius 1 is 1.15 bits per heavy atom. The molecule has 112 valence electrons. The minimum absolute atomic E-state index is 0.148. The summed E-state index contributed by atoms with van der Waals surface area (Å²) in [5.41, 5.74) is 0.210. The van der Waals surface area contributed by atoms with Crippen LogP contribution in [0, 0.1) is 5.41 Å². The fourth-order valence-electron chi connectivity index (χ4n) is 2.70. The summed E-state index contributed by atoms with van der Waals surface area (Å²) in [4.78, 5) is 0. The van der Waals surface area contributed by atoms with Crippen LogP contribution < -0.4 is 0 Å². The molecular weight excluding hydrogens is 265 g/mol. The van der Waals surface area contributed by atoms with Crippen molar-refractivity contribution in [1.82, 2.24) is 0 Å². The van der Waals surface area contributed by atoms with Crippen molar-refractivity contribution in [2.24, 2.45) is 5.41 Å². The zero-order chi connectivity index (χ0) is 15.0. The van der Waals surface area contributed by atoms with Crippen molar-refractivity contribution in [3.8, 4) is 0 Å². The van der Waals surface area contributed by atoms with Crippen LogP contribution in [0.1, 0.15) is 57.3 Å². The third-order valence-electron chi connectivity index (χ3n) is 3.53. The maximum absolute atomic E-state index is 12.7. The van der Waals surface area contributed by atoms with E-state index < -0.39 is 11.7 Å². The largest absolute Gasteiger partial charge is 0.416 e. The highest BCUT2D eigenvalue weighted by Crippen LogP contribution is 2.39. The summed E-state index contributed by atoms with van der Waals surface area (Å²) >= 11 is 0. The quantitative estimate of drug-likeness (QED) is 0.711. The van der Waals surface area contributed by atoms with Crippen LogP contribution in [0.2, 0.25) is 0 Å². The van der Waals surface area contributed by atoms with Gasteiger partial charge in [0.1, 0.15) is 0 Å². The molecule has 0 bridgehead atoms. The van der Waals surface area contributed by atoms with Crippen LogP contribution in [0.5, 0.6) is 0 Å². The second kappa shape index (κ2) is 5.40. The molecule has 1 heterocycles. The van der Waals surface area contributed by atoms with Crippen molar-refractivity contribution in [3.05, 3.63) is 35.4 Å². The topological polar surface area (TPSA) is 9.23 Å².